The van der Waals surface area contributed by atoms with Gasteiger partial charge in [0.05, 0.1) is 6.54 Å². The van der Waals surface area contributed by atoms with Crippen molar-refractivity contribution in [3.8, 4) is 0 Å². The number of nitrogens with one attached hydrogen (secondary N) is 1. The van der Waals surface area contributed by atoms with E-state index in [0.717, 1.165) is 37.6 Å². The molecule has 0 aromatic carbocycles. The predicted octanol–water partition coefficient (Wildman–Crippen LogP) is 0.344. The Morgan fingerprint density at radius 2 is 1.94 bits per heavy atom. The van der Waals surface area contributed by atoms with Crippen LogP contribution < -0.4 is 11.1 Å². The summed E-state index contributed by atoms with van der Waals surface area (Å²) in [5.74, 6) is 2.38. The highest BCUT2D eigenvalue weighted by Gasteiger charge is 2.15. The second-order valence-electron chi connectivity index (χ2n) is 3.31. The van der Waals surface area contributed by atoms with E-state index < -0.39 is 0 Å². The van der Waals surface area contributed by atoms with Gasteiger partial charge in [-0.1, -0.05) is 0 Å². The highest BCUT2D eigenvalue weighted by atomic mass is 35.5. The minimum atomic E-state index is 0. The van der Waals surface area contributed by atoms with Gasteiger partial charge in [0.25, 0.3) is 0 Å². The Hall–Kier alpha value is 0.320. The summed E-state index contributed by atoms with van der Waals surface area (Å²) in [7, 11) is 0. The standard InChI is InChI=1S/C9H19N3OS.2ClH/c10-2-1-3-11-8-9(13)12-4-6-14-7-5-12;;/h11H,1-8,10H2;2*1H. The second-order valence-corrected chi connectivity index (χ2v) is 4.54. The average Bonchev–Trinajstić information content (AvgIpc) is 2.25. The molecule has 1 saturated heterocycles. The molecule has 1 aliphatic heterocycles. The van der Waals surface area contributed by atoms with Gasteiger partial charge in [-0.15, -0.1) is 24.8 Å². The third kappa shape index (κ3) is 7.57. The zero-order valence-electron chi connectivity index (χ0n) is 9.31. The van der Waals surface area contributed by atoms with E-state index in [1.165, 1.54) is 0 Å². The zero-order valence-corrected chi connectivity index (χ0v) is 11.8. The van der Waals surface area contributed by atoms with E-state index in [0.29, 0.717) is 13.1 Å². The van der Waals surface area contributed by atoms with Gasteiger partial charge < -0.3 is 16.0 Å². The number of nitrogens with two attached hydrogens (primary N) is 1. The molecule has 0 bridgehead atoms. The Balaban J connectivity index is 0. The van der Waals surface area contributed by atoms with Crippen LogP contribution in [0.25, 0.3) is 0 Å². The molecule has 0 atom stereocenters. The maximum Gasteiger partial charge on any atom is 0.236 e. The molecule has 1 rings (SSSR count). The monoisotopic (exact) mass is 289 g/mol. The summed E-state index contributed by atoms with van der Waals surface area (Å²) in [5, 5.41) is 3.11. The fourth-order valence-electron chi connectivity index (χ4n) is 1.35. The van der Waals surface area contributed by atoms with Crippen LogP contribution in [0, 0.1) is 0 Å². The number of amides is 1. The minimum absolute atomic E-state index is 0. The molecule has 0 spiro atoms. The van der Waals surface area contributed by atoms with E-state index in [2.05, 4.69) is 5.32 Å². The third-order valence-corrected chi connectivity index (χ3v) is 3.14. The molecule has 0 aromatic heterocycles. The summed E-state index contributed by atoms with van der Waals surface area (Å²) >= 11 is 1.92. The summed E-state index contributed by atoms with van der Waals surface area (Å²) < 4.78 is 0. The predicted molar refractivity (Wildman–Crippen MR) is 74.9 cm³/mol. The summed E-state index contributed by atoms with van der Waals surface area (Å²) in [6, 6.07) is 0. The van der Waals surface area contributed by atoms with Crippen molar-refractivity contribution in [1.82, 2.24) is 10.2 Å². The molecule has 0 radical (unpaired) electrons. The van der Waals surface area contributed by atoms with Crippen molar-refractivity contribution in [3.63, 3.8) is 0 Å². The first kappa shape index (κ1) is 18.7. The normalized spacial score (nSPS) is 14.9. The van der Waals surface area contributed by atoms with Gasteiger partial charge >= 0.3 is 0 Å². The number of hydrogen-bond acceptors (Lipinski definition) is 4. The molecular formula is C9H21Cl2N3OS. The van der Waals surface area contributed by atoms with Crippen LogP contribution in [-0.2, 0) is 4.79 Å². The molecule has 0 saturated carbocycles. The van der Waals surface area contributed by atoms with Crippen LogP contribution in [0.3, 0.4) is 0 Å². The molecule has 0 aliphatic carbocycles. The van der Waals surface area contributed by atoms with Crippen molar-refractivity contribution in [2.24, 2.45) is 5.73 Å². The molecule has 1 heterocycles. The molecule has 1 aliphatic rings. The lowest BCUT2D eigenvalue weighted by molar-refractivity contribution is -0.129. The molecule has 16 heavy (non-hydrogen) atoms. The van der Waals surface area contributed by atoms with Crippen LogP contribution in [0.5, 0.6) is 0 Å². The average molecular weight is 290 g/mol. The van der Waals surface area contributed by atoms with Gasteiger partial charge in [-0.2, -0.15) is 11.8 Å². The fraction of sp³-hybridized carbons (Fsp3) is 0.889. The second kappa shape index (κ2) is 11.8. The number of rotatable bonds is 5. The largest absolute Gasteiger partial charge is 0.340 e. The topological polar surface area (TPSA) is 58.4 Å². The molecule has 1 amide bonds. The molecular weight excluding hydrogens is 269 g/mol. The van der Waals surface area contributed by atoms with E-state index in [1.54, 1.807) is 0 Å². The highest BCUT2D eigenvalue weighted by molar-refractivity contribution is 7.99. The van der Waals surface area contributed by atoms with Crippen LogP contribution in [-0.4, -0.2) is 55.0 Å². The molecule has 3 N–H and O–H groups in total. The van der Waals surface area contributed by atoms with E-state index in [1.807, 2.05) is 16.7 Å². The maximum atomic E-state index is 11.6. The lowest BCUT2D eigenvalue weighted by Gasteiger charge is -2.26. The fourth-order valence-corrected chi connectivity index (χ4v) is 2.25. The number of hydrogen-bond donors (Lipinski definition) is 2. The molecule has 1 fully saturated rings. The van der Waals surface area contributed by atoms with Crippen LogP contribution in [0.2, 0.25) is 0 Å². The number of halogens is 2. The maximum absolute atomic E-state index is 11.6. The lowest BCUT2D eigenvalue weighted by Crippen LogP contribution is -2.43. The number of carbonyl (C=O) groups is 1. The molecule has 4 nitrogen and oxygen atoms in total. The molecule has 7 heteroatoms. The van der Waals surface area contributed by atoms with Gasteiger partial charge in [-0.3, -0.25) is 4.79 Å². The van der Waals surface area contributed by atoms with Crippen molar-refractivity contribution in [2.45, 2.75) is 6.42 Å². The molecule has 0 unspecified atom stereocenters. The first-order valence-corrected chi connectivity index (χ1v) is 6.26. The summed E-state index contributed by atoms with van der Waals surface area (Å²) in [4.78, 5) is 13.5. The first-order chi connectivity index (χ1) is 6.84. The van der Waals surface area contributed by atoms with Crippen molar-refractivity contribution in [2.75, 3.05) is 44.2 Å². The van der Waals surface area contributed by atoms with E-state index in [-0.39, 0.29) is 30.7 Å². The summed E-state index contributed by atoms with van der Waals surface area (Å²) in [5.41, 5.74) is 5.35. The third-order valence-electron chi connectivity index (χ3n) is 2.20. The Bertz CT molecular complexity index is 180. The van der Waals surface area contributed by atoms with Gasteiger partial charge in [0.1, 0.15) is 0 Å². The van der Waals surface area contributed by atoms with E-state index in [4.69, 9.17) is 5.73 Å². The number of nitrogens with zero attached hydrogens (tertiary/aromatic N) is 1. The summed E-state index contributed by atoms with van der Waals surface area (Å²) in [6.45, 7) is 3.79. The van der Waals surface area contributed by atoms with E-state index in [9.17, 15) is 4.79 Å². The SMILES string of the molecule is Cl.Cl.NCCCNCC(=O)N1CCSCC1. The van der Waals surface area contributed by atoms with Crippen molar-refractivity contribution in [3.05, 3.63) is 0 Å². The van der Waals surface area contributed by atoms with Crippen molar-refractivity contribution >= 4 is 42.5 Å². The van der Waals surface area contributed by atoms with Crippen LogP contribution in [0.15, 0.2) is 0 Å². The lowest BCUT2D eigenvalue weighted by atomic mass is 10.4. The van der Waals surface area contributed by atoms with Gasteiger partial charge in [0, 0.05) is 24.6 Å². The Kier molecular flexibility index (Phi) is 13.8. The Morgan fingerprint density at radius 3 is 2.50 bits per heavy atom. The van der Waals surface area contributed by atoms with Gasteiger partial charge in [0.15, 0.2) is 0 Å². The van der Waals surface area contributed by atoms with Crippen LogP contribution >= 0.6 is 36.6 Å². The van der Waals surface area contributed by atoms with E-state index >= 15 is 0 Å². The summed E-state index contributed by atoms with van der Waals surface area (Å²) in [6.07, 6.45) is 0.934. The minimum Gasteiger partial charge on any atom is -0.340 e. The van der Waals surface area contributed by atoms with Crippen molar-refractivity contribution < 1.29 is 4.79 Å². The van der Waals surface area contributed by atoms with Crippen LogP contribution in [0.4, 0.5) is 0 Å². The number of carbonyl (C=O) groups excluding carboxylic acids is 1. The van der Waals surface area contributed by atoms with Gasteiger partial charge in [0.2, 0.25) is 5.91 Å². The van der Waals surface area contributed by atoms with Gasteiger partial charge in [-0.25, -0.2) is 0 Å². The zero-order chi connectivity index (χ0) is 10.2. The first-order valence-electron chi connectivity index (χ1n) is 5.11. The smallest absolute Gasteiger partial charge is 0.236 e. The van der Waals surface area contributed by atoms with Crippen molar-refractivity contribution in [1.29, 1.82) is 0 Å². The van der Waals surface area contributed by atoms with Gasteiger partial charge in [-0.05, 0) is 19.5 Å². The molecule has 0 aromatic rings. The highest BCUT2D eigenvalue weighted by Crippen LogP contribution is 2.08. The van der Waals surface area contributed by atoms with Crippen LogP contribution in [0.1, 0.15) is 6.42 Å². The Morgan fingerprint density at radius 1 is 1.31 bits per heavy atom. The Labute approximate surface area is 114 Å². The number of thioether (sulfide) groups is 1. The molecule has 98 valence electrons. The quantitative estimate of drug-likeness (QED) is 0.717.